The van der Waals surface area contributed by atoms with Crippen LogP contribution in [0.5, 0.6) is 0 Å². The Kier molecular flexibility index (Phi) is 6.49. The van der Waals surface area contributed by atoms with Gasteiger partial charge in [-0.3, -0.25) is 4.79 Å². The van der Waals surface area contributed by atoms with Gasteiger partial charge >= 0.3 is 5.97 Å². The Hall–Kier alpha value is -0.490. The number of benzene rings is 1. The third kappa shape index (κ3) is 3.46. The summed E-state index contributed by atoms with van der Waals surface area (Å²) in [4.78, 5) is 11.3. The van der Waals surface area contributed by atoms with Crippen molar-refractivity contribution < 1.29 is 27.5 Å². The predicted molar refractivity (Wildman–Crippen MR) is 106 cm³/mol. The quantitative estimate of drug-likeness (QED) is 0.198. The van der Waals surface area contributed by atoms with E-state index >= 15 is 0 Å². The largest absolute Gasteiger partial charge is 0.481 e. The van der Waals surface area contributed by atoms with Gasteiger partial charge in [0.05, 0.1) is 10.2 Å². The molecule has 1 aromatic rings. The lowest BCUT2D eigenvalue weighted by molar-refractivity contribution is -0.145. The zero-order chi connectivity index (χ0) is 21.8. The second kappa shape index (κ2) is 7.64. The van der Waals surface area contributed by atoms with E-state index in [4.69, 9.17) is 29.6 Å². The molecule has 1 aliphatic rings. The van der Waals surface area contributed by atoms with Crippen molar-refractivity contribution in [1.29, 1.82) is 0 Å². The van der Waals surface area contributed by atoms with Crippen LogP contribution in [-0.4, -0.2) is 19.1 Å². The van der Waals surface area contributed by atoms with Crippen molar-refractivity contribution in [2.75, 3.05) is 0 Å². The van der Waals surface area contributed by atoms with Gasteiger partial charge in [0.2, 0.25) is 0 Å². The molecule has 10 heteroatoms. The highest BCUT2D eigenvalue weighted by molar-refractivity contribution is 9.13. The molecule has 0 aromatic heterocycles. The summed E-state index contributed by atoms with van der Waals surface area (Å²) in [6.07, 6.45) is 3.52. The van der Waals surface area contributed by atoms with Crippen LogP contribution in [0.4, 0.5) is 17.6 Å². The van der Waals surface area contributed by atoms with E-state index in [1.54, 1.807) is 13.8 Å². The average molecular weight is 569 g/mol. The standard InChI is InChI=1S/C18H14Br2Cl2F4O2/c1-4-5-7-9(23)11(25)8(12(26)10(7)24)6-17(15(27)28)13(16(17,2)3)14(19)18(20,21)22/h1,13-14H,5-6H2,2-3H3,(H,27,28). The Morgan fingerprint density at radius 2 is 1.64 bits per heavy atom. The first kappa shape index (κ1) is 23.8. The summed E-state index contributed by atoms with van der Waals surface area (Å²) in [6, 6.07) is 0. The van der Waals surface area contributed by atoms with E-state index in [-0.39, 0.29) is 0 Å². The highest BCUT2D eigenvalue weighted by atomic mass is 79.9. The van der Waals surface area contributed by atoms with Crippen LogP contribution in [0, 0.1) is 52.4 Å². The molecule has 0 aliphatic heterocycles. The Morgan fingerprint density at radius 1 is 1.21 bits per heavy atom. The molecule has 2 rings (SSSR count). The van der Waals surface area contributed by atoms with Crippen LogP contribution in [0.3, 0.4) is 0 Å². The zero-order valence-electron chi connectivity index (χ0n) is 14.5. The monoisotopic (exact) mass is 566 g/mol. The smallest absolute Gasteiger partial charge is 0.310 e. The normalized spacial score (nSPS) is 24.5. The van der Waals surface area contributed by atoms with Gasteiger partial charge in [0.15, 0.2) is 26.5 Å². The number of hydrogen-bond donors (Lipinski definition) is 1. The lowest BCUT2D eigenvalue weighted by Gasteiger charge is -2.22. The molecule has 3 unspecified atom stereocenters. The zero-order valence-corrected chi connectivity index (χ0v) is 19.2. The van der Waals surface area contributed by atoms with E-state index in [1.807, 2.05) is 5.92 Å². The molecule has 0 heterocycles. The number of halogens is 8. The van der Waals surface area contributed by atoms with E-state index < -0.39 is 78.0 Å². The van der Waals surface area contributed by atoms with E-state index in [0.717, 1.165) is 0 Å². The lowest BCUT2D eigenvalue weighted by atomic mass is 9.87. The summed E-state index contributed by atoms with van der Waals surface area (Å²) in [5.41, 5.74) is -4.76. The van der Waals surface area contributed by atoms with E-state index in [2.05, 4.69) is 31.9 Å². The number of carboxylic acids is 1. The van der Waals surface area contributed by atoms with Crippen LogP contribution < -0.4 is 0 Å². The summed E-state index contributed by atoms with van der Waals surface area (Å²) in [5, 5.41) is 9.86. The minimum Gasteiger partial charge on any atom is -0.481 e. The molecule has 0 radical (unpaired) electrons. The Labute approximate surface area is 186 Å². The molecule has 1 fully saturated rings. The van der Waals surface area contributed by atoms with Gasteiger partial charge in [-0.15, -0.1) is 12.3 Å². The number of aliphatic carboxylic acids is 1. The molecule has 28 heavy (non-hydrogen) atoms. The summed E-state index contributed by atoms with van der Waals surface area (Å²) in [7, 11) is 0. The molecule has 154 valence electrons. The molecular formula is C18H14Br2Cl2F4O2. The van der Waals surface area contributed by atoms with Crippen LogP contribution >= 0.6 is 55.1 Å². The van der Waals surface area contributed by atoms with Crippen molar-refractivity contribution in [3.8, 4) is 12.3 Å². The number of carbonyl (C=O) groups is 1. The fourth-order valence-electron chi connectivity index (χ4n) is 3.94. The first-order chi connectivity index (χ1) is 12.7. The second-order valence-electron chi connectivity index (χ2n) is 7.19. The Bertz CT molecular complexity index is 851. The van der Waals surface area contributed by atoms with E-state index in [1.165, 1.54) is 0 Å². The van der Waals surface area contributed by atoms with Gasteiger partial charge in [0, 0.05) is 17.5 Å². The number of rotatable bonds is 6. The lowest BCUT2D eigenvalue weighted by Crippen LogP contribution is -2.30. The second-order valence-corrected chi connectivity index (χ2v) is 11.7. The Morgan fingerprint density at radius 3 is 2.00 bits per heavy atom. The number of alkyl halides is 4. The van der Waals surface area contributed by atoms with Crippen LogP contribution in [-0.2, 0) is 17.6 Å². The van der Waals surface area contributed by atoms with Gasteiger partial charge in [-0.25, -0.2) is 17.6 Å². The van der Waals surface area contributed by atoms with Crippen molar-refractivity contribution in [2.45, 2.75) is 34.8 Å². The van der Waals surface area contributed by atoms with Crippen molar-refractivity contribution in [3.05, 3.63) is 34.4 Å². The maximum Gasteiger partial charge on any atom is 0.310 e. The van der Waals surface area contributed by atoms with Gasteiger partial charge in [-0.2, -0.15) is 0 Å². The van der Waals surface area contributed by atoms with Crippen LogP contribution in [0.25, 0.3) is 0 Å². The van der Waals surface area contributed by atoms with Crippen LogP contribution in [0.2, 0.25) is 0 Å². The topological polar surface area (TPSA) is 37.3 Å². The minimum atomic E-state index is -1.78. The van der Waals surface area contributed by atoms with Gasteiger partial charge in [-0.05, 0) is 33.7 Å². The van der Waals surface area contributed by atoms with Gasteiger partial charge in [0.1, 0.15) is 0 Å². The maximum absolute atomic E-state index is 14.5. The summed E-state index contributed by atoms with van der Waals surface area (Å²) in [5.74, 6) is -6.90. The fourth-order valence-corrected chi connectivity index (χ4v) is 5.56. The van der Waals surface area contributed by atoms with Crippen molar-refractivity contribution >= 4 is 61.0 Å². The van der Waals surface area contributed by atoms with E-state index in [0.29, 0.717) is 0 Å². The molecule has 2 nitrogen and oxygen atoms in total. The van der Waals surface area contributed by atoms with Gasteiger partial charge < -0.3 is 5.11 Å². The maximum atomic E-state index is 14.5. The third-order valence-electron chi connectivity index (χ3n) is 5.54. The molecule has 0 saturated heterocycles. The van der Waals surface area contributed by atoms with Gasteiger partial charge in [0.25, 0.3) is 0 Å². The molecule has 0 bridgehead atoms. The highest BCUT2D eigenvalue weighted by Gasteiger charge is 2.78. The molecule has 0 amide bonds. The highest BCUT2D eigenvalue weighted by Crippen LogP contribution is 2.74. The third-order valence-corrected chi connectivity index (χ3v) is 8.86. The summed E-state index contributed by atoms with van der Waals surface area (Å²) in [6.45, 7) is 3.09. The number of terminal acetylenes is 1. The summed E-state index contributed by atoms with van der Waals surface area (Å²) >= 11 is 18.2. The minimum absolute atomic E-state index is 0.655. The first-order valence-corrected chi connectivity index (χ1v) is 10.3. The molecule has 0 spiro atoms. The average Bonchev–Trinajstić information content (AvgIpc) is 3.08. The SMILES string of the molecule is C#CCc1c(F)c(F)c(CC2(C(=O)O)C(C(Br)C(Cl)(Cl)Br)C2(C)C)c(F)c1F. The summed E-state index contributed by atoms with van der Waals surface area (Å²) < 4.78 is 56.0. The molecule has 1 N–H and O–H groups in total. The predicted octanol–water partition coefficient (Wildman–Crippen LogP) is 5.98. The fraction of sp³-hybridized carbons (Fsp3) is 0.500. The molecule has 1 aromatic carbocycles. The molecular weight excluding hydrogens is 555 g/mol. The molecule has 1 saturated carbocycles. The van der Waals surface area contributed by atoms with Crippen LogP contribution in [0.1, 0.15) is 25.0 Å². The van der Waals surface area contributed by atoms with Crippen molar-refractivity contribution in [2.24, 2.45) is 16.7 Å². The molecule has 3 atom stereocenters. The number of carboxylic acid groups (broad SMARTS) is 1. The van der Waals surface area contributed by atoms with Crippen LogP contribution in [0.15, 0.2) is 0 Å². The van der Waals surface area contributed by atoms with Gasteiger partial charge in [-0.1, -0.05) is 53.0 Å². The van der Waals surface area contributed by atoms with E-state index in [9.17, 15) is 27.5 Å². The number of hydrogen-bond acceptors (Lipinski definition) is 1. The van der Waals surface area contributed by atoms with Crippen molar-refractivity contribution in [1.82, 2.24) is 0 Å². The molecule has 1 aliphatic carbocycles. The first-order valence-electron chi connectivity index (χ1n) is 7.87. The Balaban J connectivity index is 2.62. The van der Waals surface area contributed by atoms with Crippen molar-refractivity contribution in [3.63, 3.8) is 0 Å².